The third-order valence-electron chi connectivity index (χ3n) is 4.25. The fourth-order valence-electron chi connectivity index (χ4n) is 2.80. The van der Waals surface area contributed by atoms with E-state index in [1.807, 2.05) is 31.4 Å². The lowest BCUT2D eigenvalue weighted by Gasteiger charge is -2.19. The molecule has 2 aromatic heterocycles. The van der Waals surface area contributed by atoms with Gasteiger partial charge in [0.1, 0.15) is 5.01 Å². The number of thiazole rings is 1. The molecule has 3 aromatic rings. The number of hydrogen-bond donors (Lipinski definition) is 1. The zero-order valence-electron chi connectivity index (χ0n) is 15.9. The van der Waals surface area contributed by atoms with Crippen LogP contribution in [0.4, 0.5) is 5.69 Å². The Labute approximate surface area is 168 Å². The minimum absolute atomic E-state index is 0.0401. The van der Waals surface area contributed by atoms with E-state index in [1.54, 1.807) is 41.6 Å². The highest BCUT2D eigenvalue weighted by molar-refractivity contribution is 7.13. The van der Waals surface area contributed by atoms with Crippen molar-refractivity contribution in [1.29, 1.82) is 0 Å². The summed E-state index contributed by atoms with van der Waals surface area (Å²) in [5, 5.41) is 5.57. The Morgan fingerprint density at radius 2 is 1.96 bits per heavy atom. The number of hydrogen-bond acceptors (Lipinski definition) is 5. The maximum atomic E-state index is 12.5. The van der Waals surface area contributed by atoms with Gasteiger partial charge in [-0.1, -0.05) is 6.07 Å². The lowest BCUT2D eigenvalue weighted by molar-refractivity contribution is -0.115. The van der Waals surface area contributed by atoms with E-state index in [4.69, 9.17) is 0 Å². The van der Waals surface area contributed by atoms with Gasteiger partial charge in [0.2, 0.25) is 5.91 Å². The SMILES string of the molecule is CCN(CC)C(=O)c1cccc(NC(=O)Cc2csc(-c3cccnc3)n2)c1. The van der Waals surface area contributed by atoms with Crippen LogP contribution >= 0.6 is 11.3 Å². The van der Waals surface area contributed by atoms with Crippen LogP contribution in [0.1, 0.15) is 29.9 Å². The van der Waals surface area contributed by atoms with Crippen molar-refractivity contribution in [3.05, 3.63) is 65.4 Å². The number of anilines is 1. The topological polar surface area (TPSA) is 75.2 Å². The molecule has 1 aromatic carbocycles. The Kier molecular flexibility index (Phi) is 6.49. The van der Waals surface area contributed by atoms with E-state index in [1.165, 1.54) is 11.3 Å². The van der Waals surface area contributed by atoms with Crippen LogP contribution in [0.3, 0.4) is 0 Å². The van der Waals surface area contributed by atoms with Crippen molar-refractivity contribution < 1.29 is 9.59 Å². The van der Waals surface area contributed by atoms with E-state index in [-0.39, 0.29) is 18.2 Å². The summed E-state index contributed by atoms with van der Waals surface area (Å²) < 4.78 is 0. The summed E-state index contributed by atoms with van der Waals surface area (Å²) in [6.45, 7) is 5.19. The molecule has 0 bridgehead atoms. The molecule has 28 heavy (non-hydrogen) atoms. The number of benzene rings is 1. The smallest absolute Gasteiger partial charge is 0.253 e. The Hall–Kier alpha value is -3.06. The van der Waals surface area contributed by atoms with Crippen LogP contribution in [0.25, 0.3) is 10.6 Å². The Balaban J connectivity index is 1.65. The molecule has 0 spiro atoms. The second kappa shape index (κ2) is 9.23. The minimum Gasteiger partial charge on any atom is -0.339 e. The maximum Gasteiger partial charge on any atom is 0.253 e. The molecule has 0 aliphatic heterocycles. The van der Waals surface area contributed by atoms with Gasteiger partial charge in [-0.2, -0.15) is 0 Å². The second-order valence-electron chi connectivity index (χ2n) is 6.17. The van der Waals surface area contributed by atoms with Gasteiger partial charge in [0.25, 0.3) is 5.91 Å². The summed E-state index contributed by atoms with van der Waals surface area (Å²) in [5.74, 6) is -0.211. The van der Waals surface area contributed by atoms with Crippen molar-refractivity contribution in [3.63, 3.8) is 0 Å². The highest BCUT2D eigenvalue weighted by Crippen LogP contribution is 2.23. The van der Waals surface area contributed by atoms with Crippen molar-refractivity contribution in [2.24, 2.45) is 0 Å². The van der Waals surface area contributed by atoms with Gasteiger partial charge in [-0.05, 0) is 44.2 Å². The first-order valence-electron chi connectivity index (χ1n) is 9.14. The maximum absolute atomic E-state index is 12.5. The average Bonchev–Trinajstić information content (AvgIpc) is 3.18. The van der Waals surface area contributed by atoms with Gasteiger partial charge < -0.3 is 10.2 Å². The summed E-state index contributed by atoms with van der Waals surface area (Å²) in [7, 11) is 0. The molecule has 7 heteroatoms. The van der Waals surface area contributed by atoms with Crippen LogP contribution in [-0.4, -0.2) is 39.8 Å². The molecule has 2 heterocycles. The summed E-state index contributed by atoms with van der Waals surface area (Å²) in [4.78, 5) is 35.2. The minimum atomic E-state index is -0.171. The second-order valence-corrected chi connectivity index (χ2v) is 7.03. The third kappa shape index (κ3) is 4.80. The molecule has 6 nitrogen and oxygen atoms in total. The van der Waals surface area contributed by atoms with Crippen molar-refractivity contribution in [1.82, 2.24) is 14.9 Å². The monoisotopic (exact) mass is 394 g/mol. The van der Waals surface area contributed by atoms with E-state index >= 15 is 0 Å². The number of carbonyl (C=O) groups excluding carboxylic acids is 2. The van der Waals surface area contributed by atoms with Crippen LogP contribution in [-0.2, 0) is 11.2 Å². The first-order valence-corrected chi connectivity index (χ1v) is 10.0. The number of nitrogens with one attached hydrogen (secondary N) is 1. The van der Waals surface area contributed by atoms with Crippen LogP contribution in [0.2, 0.25) is 0 Å². The molecule has 0 fully saturated rings. The van der Waals surface area contributed by atoms with Crippen molar-refractivity contribution in [2.45, 2.75) is 20.3 Å². The van der Waals surface area contributed by atoms with Gasteiger partial charge >= 0.3 is 0 Å². The third-order valence-corrected chi connectivity index (χ3v) is 5.19. The molecule has 144 valence electrons. The molecular weight excluding hydrogens is 372 g/mol. The zero-order chi connectivity index (χ0) is 19.9. The van der Waals surface area contributed by atoms with Gasteiger partial charge in [-0.25, -0.2) is 4.98 Å². The molecule has 0 atom stereocenters. The zero-order valence-corrected chi connectivity index (χ0v) is 16.7. The molecule has 0 saturated heterocycles. The summed E-state index contributed by atoms with van der Waals surface area (Å²) >= 11 is 1.48. The molecule has 0 unspecified atom stereocenters. The van der Waals surface area contributed by atoms with Crippen LogP contribution in [0.15, 0.2) is 54.2 Å². The van der Waals surface area contributed by atoms with Gasteiger partial charge in [0.15, 0.2) is 0 Å². The molecule has 0 radical (unpaired) electrons. The van der Waals surface area contributed by atoms with Gasteiger partial charge in [-0.15, -0.1) is 11.3 Å². The predicted octanol–water partition coefficient (Wildman–Crippen LogP) is 3.87. The van der Waals surface area contributed by atoms with Crippen molar-refractivity contribution >= 4 is 28.8 Å². The molecule has 0 aliphatic carbocycles. The number of rotatable bonds is 7. The van der Waals surface area contributed by atoms with E-state index in [0.29, 0.717) is 30.0 Å². The van der Waals surface area contributed by atoms with Crippen molar-refractivity contribution in [2.75, 3.05) is 18.4 Å². The largest absolute Gasteiger partial charge is 0.339 e. The Bertz CT molecular complexity index is 952. The van der Waals surface area contributed by atoms with Crippen molar-refractivity contribution in [3.8, 4) is 10.6 Å². The number of aromatic nitrogens is 2. The number of pyridine rings is 1. The summed E-state index contributed by atoms with van der Waals surface area (Å²) in [5.41, 5.74) is 2.80. The van der Waals surface area contributed by atoms with E-state index in [9.17, 15) is 9.59 Å². The Morgan fingerprint density at radius 1 is 1.14 bits per heavy atom. The molecule has 0 saturated carbocycles. The van der Waals surface area contributed by atoms with Gasteiger partial charge in [0.05, 0.1) is 12.1 Å². The fraction of sp³-hybridized carbons (Fsp3) is 0.238. The lowest BCUT2D eigenvalue weighted by Crippen LogP contribution is -2.30. The van der Waals surface area contributed by atoms with Gasteiger partial charge in [0, 0.05) is 47.7 Å². The molecular formula is C21H22N4O2S. The quantitative estimate of drug-likeness (QED) is 0.660. The van der Waals surface area contributed by atoms with Crippen LogP contribution < -0.4 is 5.32 Å². The fourth-order valence-corrected chi connectivity index (χ4v) is 3.61. The summed E-state index contributed by atoms with van der Waals surface area (Å²) in [6, 6.07) is 10.8. The van der Waals surface area contributed by atoms with Crippen LogP contribution in [0, 0.1) is 0 Å². The summed E-state index contributed by atoms with van der Waals surface area (Å²) in [6.07, 6.45) is 3.64. The highest BCUT2D eigenvalue weighted by atomic mass is 32.1. The normalized spacial score (nSPS) is 10.5. The first-order chi connectivity index (χ1) is 13.6. The predicted molar refractivity (Wildman–Crippen MR) is 111 cm³/mol. The van der Waals surface area contributed by atoms with E-state index < -0.39 is 0 Å². The Morgan fingerprint density at radius 3 is 2.68 bits per heavy atom. The highest BCUT2D eigenvalue weighted by Gasteiger charge is 2.14. The lowest BCUT2D eigenvalue weighted by atomic mass is 10.1. The first kappa shape index (κ1) is 19.7. The number of nitrogens with zero attached hydrogens (tertiary/aromatic N) is 3. The molecule has 2 amide bonds. The van der Waals surface area contributed by atoms with Gasteiger partial charge in [-0.3, -0.25) is 14.6 Å². The number of carbonyl (C=O) groups is 2. The van der Waals surface area contributed by atoms with E-state index in [2.05, 4.69) is 15.3 Å². The van der Waals surface area contributed by atoms with E-state index in [0.717, 1.165) is 10.6 Å². The molecule has 1 N–H and O–H groups in total. The average molecular weight is 395 g/mol. The standard InChI is InChI=1S/C21H22N4O2S/c1-3-25(4-2)21(27)15-7-5-9-17(11-15)23-19(26)12-18-14-28-20(24-18)16-8-6-10-22-13-16/h5-11,13-14H,3-4,12H2,1-2H3,(H,23,26). The molecule has 0 aliphatic rings. The van der Waals surface area contributed by atoms with Crippen LogP contribution in [0.5, 0.6) is 0 Å². The number of amides is 2. The molecule has 3 rings (SSSR count).